The summed E-state index contributed by atoms with van der Waals surface area (Å²) in [6.07, 6.45) is 13.8. The highest BCUT2D eigenvalue weighted by atomic mass is 33.1. The SMILES string of the molecule is CCOC[C@H]1CC[C@@H]2CSSC[C@@H]([C@]3(c4cc(O)c5c(c4)[C@@]4(NC)CCCC[C@@H]4C=C5)C(=O)[C@@H]4[C@H](CSS[C@@H](CO)c5cccc6ccc(CC)c(c56)Cc5c(ccc(O)c5OC)C[C@@H](Cc5cc[nH]c5)[C@@H]4O)C[C@@H]3O)c3ccc(O)c(c3)O[C@H]2C1. The van der Waals surface area contributed by atoms with Crippen molar-refractivity contribution in [1.29, 1.82) is 0 Å². The highest BCUT2D eigenvalue weighted by Gasteiger charge is 2.62. The van der Waals surface area contributed by atoms with E-state index in [1.54, 1.807) is 68.5 Å². The van der Waals surface area contributed by atoms with Crippen LogP contribution in [-0.4, -0.2) is 111 Å². The van der Waals surface area contributed by atoms with Crippen LogP contribution in [0.1, 0.15) is 132 Å². The number of benzene rings is 5. The molecule has 6 aliphatic rings. The van der Waals surface area contributed by atoms with Crippen LogP contribution >= 0.6 is 43.2 Å². The van der Waals surface area contributed by atoms with Crippen molar-refractivity contribution >= 4 is 65.8 Å². The van der Waals surface area contributed by atoms with Gasteiger partial charge in [-0.3, -0.25) is 4.79 Å². The van der Waals surface area contributed by atoms with Crippen LogP contribution in [-0.2, 0) is 46.2 Å². The average Bonchev–Trinajstić information content (AvgIpc) is 0.763. The van der Waals surface area contributed by atoms with Crippen LogP contribution in [0, 0.1) is 35.5 Å². The quantitative estimate of drug-likeness (QED) is 0.0571. The first kappa shape index (κ1) is 61.5. The fourth-order valence-electron chi connectivity index (χ4n) is 16.3. The van der Waals surface area contributed by atoms with Gasteiger partial charge in [-0.15, -0.1) is 0 Å². The lowest BCUT2D eigenvalue weighted by Crippen LogP contribution is -2.62. The van der Waals surface area contributed by atoms with Crippen molar-refractivity contribution in [1.82, 2.24) is 10.3 Å². The number of hydrogen-bond donors (Lipinski definition) is 8. The van der Waals surface area contributed by atoms with E-state index in [0.717, 1.165) is 107 Å². The van der Waals surface area contributed by atoms with Crippen LogP contribution < -0.4 is 14.8 Å². The zero-order chi connectivity index (χ0) is 59.9. The Balaban J connectivity index is 1.06. The number of rotatable bonds is 11. The number of aromatic amines is 1. The van der Waals surface area contributed by atoms with Gasteiger partial charge in [-0.1, -0.05) is 124 Å². The van der Waals surface area contributed by atoms with Gasteiger partial charge < -0.3 is 55.2 Å². The van der Waals surface area contributed by atoms with E-state index in [0.29, 0.717) is 78.1 Å². The summed E-state index contributed by atoms with van der Waals surface area (Å²) in [5.41, 5.74) is 6.29. The number of aromatic hydroxyl groups is 3. The summed E-state index contributed by atoms with van der Waals surface area (Å²) in [5.74, 6) is -0.389. The number of hydrogen-bond acceptors (Lipinski definition) is 15. The van der Waals surface area contributed by atoms with Crippen molar-refractivity contribution in [2.45, 2.75) is 131 Å². The van der Waals surface area contributed by atoms with E-state index >= 15 is 4.79 Å². The lowest BCUT2D eigenvalue weighted by atomic mass is 9.52. The fraction of sp³-hybridized carbons (Fsp3) is 0.500. The normalized spacial score (nSPS) is 30.5. The third kappa shape index (κ3) is 11.3. The fourth-order valence-corrected chi connectivity index (χ4v) is 22.0. The van der Waals surface area contributed by atoms with Crippen LogP contribution in [0.4, 0.5) is 0 Å². The summed E-state index contributed by atoms with van der Waals surface area (Å²) < 4.78 is 19.1. The number of phenols is 3. The molecule has 1 aromatic heterocycles. The van der Waals surface area contributed by atoms with Gasteiger partial charge in [-0.25, -0.2) is 0 Å². The lowest BCUT2D eigenvalue weighted by Gasteiger charge is -2.53. The zero-order valence-corrected chi connectivity index (χ0v) is 53.1. The second-order valence-corrected chi connectivity index (χ2v) is 30.3. The predicted molar refractivity (Wildman–Crippen MR) is 350 cm³/mol. The number of methoxy groups -OCH3 is 1. The molecule has 12 nitrogen and oxygen atoms in total. The summed E-state index contributed by atoms with van der Waals surface area (Å²) in [7, 11) is 10.1. The Kier molecular flexibility index (Phi) is 18.9. The summed E-state index contributed by atoms with van der Waals surface area (Å²) in [5, 5.41) is 81.3. The minimum Gasteiger partial charge on any atom is -0.507 e. The Morgan fingerprint density at radius 1 is 0.860 bits per heavy atom. The predicted octanol–water partition coefficient (Wildman–Crippen LogP) is 13.2. The molecule has 0 radical (unpaired) electrons. The third-order valence-corrected chi connectivity index (χ3v) is 26.1. The number of Topliss-reactive ketones (excluding diaryl/α,β-unsaturated/α-hetero) is 1. The lowest BCUT2D eigenvalue weighted by molar-refractivity contribution is -0.150. The molecule has 0 spiro atoms. The standard InChI is InChI=1S/C70H84N2O10S4/c1-5-42-15-16-43-10-9-12-52-62(35-73)86-85-38-48-30-63(77)70(50-31-55-51(59(76)32-50)20-19-49-11-7-8-24-69(49,55)71-3,56-39-84-83-37-46-14-13-41(36-81-6-2)27-60(46)82-61-29-45(56)18-21-57(61)74)68(79)65(48)66(78)47(26-40-23-25-72-34-40)28-44-17-22-58(75)67(80-4)54(44)33-53(42)64(43)52/h9-10,12,15-23,25,29,31-32,34,41,46-49,56,60,62-63,65-66,71-78H,5-8,11,13-14,24,26-28,30,33,35-39H2,1-4H3/t41-,46+,47+,48-,49+,56+,60-,62-,63-,65+,66-,69+,70-/m0/s1. The molecule has 458 valence electrons. The average molecular weight is 1240 g/mol. The van der Waals surface area contributed by atoms with Gasteiger partial charge in [-0.05, 0) is 181 Å². The van der Waals surface area contributed by atoms with Gasteiger partial charge in [0, 0.05) is 78.2 Å². The molecule has 0 unspecified atom stereocenters. The van der Waals surface area contributed by atoms with E-state index in [1.165, 1.54) is 0 Å². The van der Waals surface area contributed by atoms with E-state index < -0.39 is 46.8 Å². The smallest absolute Gasteiger partial charge is 0.164 e. The van der Waals surface area contributed by atoms with Crippen molar-refractivity contribution in [2.75, 3.05) is 51.2 Å². The Morgan fingerprint density at radius 3 is 2.49 bits per heavy atom. The number of aliphatic hydroxyl groups excluding tert-OH is 3. The number of ether oxygens (including phenoxy) is 3. The monoisotopic (exact) mass is 1240 g/mol. The molecular formula is C70H84N2O10S4. The molecule has 16 heteroatoms. The molecule has 2 aliphatic heterocycles. The van der Waals surface area contributed by atoms with E-state index in [9.17, 15) is 30.6 Å². The topological polar surface area (TPSA) is 194 Å². The van der Waals surface area contributed by atoms with Crippen molar-refractivity contribution < 1.29 is 49.6 Å². The van der Waals surface area contributed by atoms with E-state index in [1.807, 2.05) is 62.8 Å². The third-order valence-electron chi connectivity index (χ3n) is 20.7. The Bertz CT molecular complexity index is 3430. The van der Waals surface area contributed by atoms with Crippen LogP contribution in [0.15, 0.2) is 97.3 Å². The van der Waals surface area contributed by atoms with Gasteiger partial charge in [0.1, 0.15) is 11.9 Å². The molecule has 5 aromatic carbocycles. The molecule has 12 rings (SSSR count). The Labute approximate surface area is 522 Å². The van der Waals surface area contributed by atoms with Gasteiger partial charge in [0.05, 0.1) is 42.1 Å². The van der Waals surface area contributed by atoms with Crippen LogP contribution in [0.2, 0.25) is 0 Å². The van der Waals surface area contributed by atoms with Crippen LogP contribution in [0.3, 0.4) is 0 Å². The molecule has 0 saturated heterocycles. The first-order chi connectivity index (χ1) is 41.8. The number of carbonyl (C=O) groups is 1. The first-order valence-corrected chi connectivity index (χ1v) is 36.1. The number of aromatic nitrogens is 1. The van der Waals surface area contributed by atoms with Crippen molar-refractivity contribution in [3.8, 4) is 28.7 Å². The van der Waals surface area contributed by atoms with Crippen molar-refractivity contribution in [3.05, 3.63) is 153 Å². The van der Waals surface area contributed by atoms with E-state index in [-0.39, 0.29) is 59.2 Å². The van der Waals surface area contributed by atoms with Crippen LogP contribution in [0.5, 0.6) is 28.7 Å². The molecule has 3 fully saturated rings. The molecule has 4 aliphatic carbocycles. The Hall–Kier alpha value is -4.75. The highest BCUT2D eigenvalue weighted by molar-refractivity contribution is 8.77. The maximum atomic E-state index is 17.8. The second-order valence-electron chi connectivity index (χ2n) is 25.1. The van der Waals surface area contributed by atoms with Gasteiger partial charge in [-0.2, -0.15) is 0 Å². The number of ketones is 1. The number of aryl methyl sites for hydroxylation is 1. The summed E-state index contributed by atoms with van der Waals surface area (Å²) in [6, 6.07) is 25.5. The molecule has 86 heavy (non-hydrogen) atoms. The summed E-state index contributed by atoms with van der Waals surface area (Å²) in [4.78, 5) is 21.0. The van der Waals surface area contributed by atoms with Crippen LogP contribution in [0.25, 0.3) is 16.8 Å². The van der Waals surface area contributed by atoms with Crippen molar-refractivity contribution in [3.63, 3.8) is 0 Å². The number of fused-ring (bicyclic) bond motifs is 8. The molecule has 0 amide bonds. The summed E-state index contributed by atoms with van der Waals surface area (Å²) >= 11 is 0. The first-order valence-electron chi connectivity index (χ1n) is 31.2. The van der Waals surface area contributed by atoms with Crippen molar-refractivity contribution in [2.24, 2.45) is 35.5 Å². The minimum absolute atomic E-state index is 0.0000411. The van der Waals surface area contributed by atoms with Gasteiger partial charge in [0.2, 0.25) is 0 Å². The Morgan fingerprint density at radius 2 is 1.70 bits per heavy atom. The molecule has 13 atom stereocenters. The van der Waals surface area contributed by atoms with E-state index in [2.05, 4.69) is 53.6 Å². The van der Waals surface area contributed by atoms with E-state index in [4.69, 9.17) is 14.2 Å². The molecule has 8 N–H and O–H groups in total. The second kappa shape index (κ2) is 26.4. The highest BCUT2D eigenvalue weighted by Crippen LogP contribution is 2.59. The van der Waals surface area contributed by atoms with Gasteiger partial charge in [0.25, 0.3) is 0 Å². The number of carbonyl (C=O) groups excluding carboxylic acids is 1. The number of H-pyrrole nitrogens is 1. The maximum Gasteiger partial charge on any atom is 0.164 e. The number of aliphatic hydroxyl groups is 3. The van der Waals surface area contributed by atoms with Gasteiger partial charge >= 0.3 is 0 Å². The molecule has 3 heterocycles. The number of phenolic OH excluding ortho intramolecular Hbond substituents is 3. The minimum atomic E-state index is -1.77. The molecule has 3 saturated carbocycles. The maximum absolute atomic E-state index is 17.8. The van der Waals surface area contributed by atoms with Gasteiger partial charge in [0.15, 0.2) is 28.8 Å². The zero-order valence-electron chi connectivity index (χ0n) is 49.8. The molecule has 2 bridgehead atoms. The molecule has 6 aromatic rings. The largest absolute Gasteiger partial charge is 0.507 e. The summed E-state index contributed by atoms with van der Waals surface area (Å²) in [6.45, 7) is 5.28. The molecular weight excluding hydrogens is 1160 g/mol. The number of nitrogens with one attached hydrogen (secondary N) is 2.